The highest BCUT2D eigenvalue weighted by Crippen LogP contribution is 2.24. The van der Waals surface area contributed by atoms with Crippen molar-refractivity contribution in [2.75, 3.05) is 31.1 Å². The zero-order chi connectivity index (χ0) is 21.2. The van der Waals surface area contributed by atoms with Gasteiger partial charge in [0.1, 0.15) is 12.1 Å². The van der Waals surface area contributed by atoms with Gasteiger partial charge < -0.3 is 4.90 Å². The lowest BCUT2D eigenvalue weighted by Crippen LogP contribution is -2.46. The van der Waals surface area contributed by atoms with Gasteiger partial charge in [0.2, 0.25) is 0 Å². The van der Waals surface area contributed by atoms with Crippen LogP contribution in [0.25, 0.3) is 11.0 Å². The topological polar surface area (TPSA) is 50.1 Å². The minimum Gasteiger partial charge on any atom is -0.353 e. The summed E-state index contributed by atoms with van der Waals surface area (Å²) in [4.78, 5) is 14.0. The molecule has 31 heavy (non-hydrogen) atoms. The molecule has 3 heterocycles. The van der Waals surface area contributed by atoms with Gasteiger partial charge >= 0.3 is 0 Å². The van der Waals surface area contributed by atoms with Crippen LogP contribution in [0.3, 0.4) is 0 Å². The van der Waals surface area contributed by atoms with Crippen molar-refractivity contribution in [1.82, 2.24) is 24.6 Å². The standard InChI is InChI=1S/C24H25ClN6/c1-18-2-4-19(5-3-18)15-29-10-12-30(13-11-29)23-22-14-28-31(24(22)27-17-26-23)16-20-6-8-21(25)9-7-20/h2-9,14,17H,10-13,15-16H2,1H3. The first-order valence-corrected chi connectivity index (χ1v) is 11.0. The summed E-state index contributed by atoms with van der Waals surface area (Å²) in [5.41, 5.74) is 4.67. The molecule has 0 radical (unpaired) electrons. The fourth-order valence-corrected chi connectivity index (χ4v) is 4.21. The fourth-order valence-electron chi connectivity index (χ4n) is 4.08. The Morgan fingerprint density at radius 3 is 2.26 bits per heavy atom. The van der Waals surface area contributed by atoms with E-state index in [9.17, 15) is 0 Å². The molecular weight excluding hydrogens is 408 g/mol. The number of hydrogen-bond acceptors (Lipinski definition) is 5. The monoisotopic (exact) mass is 432 g/mol. The van der Waals surface area contributed by atoms with Gasteiger partial charge in [-0.05, 0) is 30.2 Å². The molecule has 7 heteroatoms. The Bertz CT molecular complexity index is 1160. The van der Waals surface area contributed by atoms with Crippen LogP contribution in [0.1, 0.15) is 16.7 Å². The Hall–Kier alpha value is -2.96. The summed E-state index contributed by atoms with van der Waals surface area (Å²) in [6, 6.07) is 16.7. The van der Waals surface area contributed by atoms with Crippen molar-refractivity contribution < 1.29 is 0 Å². The predicted molar refractivity (Wildman–Crippen MR) is 125 cm³/mol. The molecule has 0 bridgehead atoms. The molecule has 1 aliphatic rings. The van der Waals surface area contributed by atoms with E-state index in [1.165, 1.54) is 11.1 Å². The number of aryl methyl sites for hydroxylation is 1. The van der Waals surface area contributed by atoms with Gasteiger partial charge in [-0.3, -0.25) is 4.90 Å². The molecular formula is C24H25ClN6. The largest absolute Gasteiger partial charge is 0.353 e. The van der Waals surface area contributed by atoms with Crippen LogP contribution in [0, 0.1) is 6.92 Å². The fraction of sp³-hybridized carbons (Fsp3) is 0.292. The van der Waals surface area contributed by atoms with E-state index in [2.05, 4.69) is 56.1 Å². The highest BCUT2D eigenvalue weighted by molar-refractivity contribution is 6.30. The number of piperazine rings is 1. The zero-order valence-corrected chi connectivity index (χ0v) is 18.3. The first-order valence-electron chi connectivity index (χ1n) is 10.6. The summed E-state index contributed by atoms with van der Waals surface area (Å²) in [5.74, 6) is 0.974. The summed E-state index contributed by atoms with van der Waals surface area (Å²) in [5, 5.41) is 6.33. The molecule has 6 nitrogen and oxygen atoms in total. The normalized spacial score (nSPS) is 15.0. The number of benzene rings is 2. The van der Waals surface area contributed by atoms with Crippen molar-refractivity contribution in [1.29, 1.82) is 0 Å². The van der Waals surface area contributed by atoms with Gasteiger partial charge in [0.25, 0.3) is 0 Å². The van der Waals surface area contributed by atoms with Crippen LogP contribution in [-0.4, -0.2) is 50.8 Å². The second-order valence-corrected chi connectivity index (χ2v) is 8.55. The summed E-state index contributed by atoms with van der Waals surface area (Å²) >= 11 is 6.01. The van der Waals surface area contributed by atoms with Crippen LogP contribution in [0.5, 0.6) is 0 Å². The third kappa shape index (κ3) is 4.40. The second-order valence-electron chi connectivity index (χ2n) is 8.11. The van der Waals surface area contributed by atoms with Gasteiger partial charge in [-0.1, -0.05) is 53.6 Å². The molecule has 0 atom stereocenters. The third-order valence-electron chi connectivity index (χ3n) is 5.86. The van der Waals surface area contributed by atoms with E-state index >= 15 is 0 Å². The number of nitrogens with zero attached hydrogens (tertiary/aromatic N) is 6. The maximum Gasteiger partial charge on any atom is 0.163 e. The van der Waals surface area contributed by atoms with Gasteiger partial charge in [0.15, 0.2) is 5.65 Å². The van der Waals surface area contributed by atoms with E-state index in [4.69, 9.17) is 11.6 Å². The summed E-state index contributed by atoms with van der Waals surface area (Å²) in [7, 11) is 0. The van der Waals surface area contributed by atoms with E-state index < -0.39 is 0 Å². The molecule has 0 aliphatic carbocycles. The van der Waals surface area contributed by atoms with Gasteiger partial charge in [-0.25, -0.2) is 14.6 Å². The van der Waals surface area contributed by atoms with Gasteiger partial charge in [0, 0.05) is 37.7 Å². The number of fused-ring (bicyclic) bond motifs is 1. The van der Waals surface area contributed by atoms with Crippen LogP contribution in [0.2, 0.25) is 5.02 Å². The van der Waals surface area contributed by atoms with Crippen molar-refractivity contribution in [3.63, 3.8) is 0 Å². The average Bonchev–Trinajstić information content (AvgIpc) is 3.20. The van der Waals surface area contributed by atoms with Gasteiger partial charge in [0.05, 0.1) is 18.1 Å². The minimum absolute atomic E-state index is 0.654. The maximum atomic E-state index is 6.01. The maximum absolute atomic E-state index is 6.01. The molecule has 4 aromatic rings. The molecule has 1 fully saturated rings. The van der Waals surface area contributed by atoms with Crippen LogP contribution in [0.15, 0.2) is 61.1 Å². The van der Waals surface area contributed by atoms with Crippen LogP contribution >= 0.6 is 11.6 Å². The molecule has 2 aromatic heterocycles. The number of rotatable bonds is 5. The third-order valence-corrected chi connectivity index (χ3v) is 6.11. The van der Waals surface area contributed by atoms with E-state index in [0.29, 0.717) is 6.54 Å². The van der Waals surface area contributed by atoms with Crippen molar-refractivity contribution >= 4 is 28.5 Å². The Morgan fingerprint density at radius 1 is 0.839 bits per heavy atom. The summed E-state index contributed by atoms with van der Waals surface area (Å²) < 4.78 is 1.93. The highest BCUT2D eigenvalue weighted by atomic mass is 35.5. The van der Waals surface area contributed by atoms with E-state index in [1.54, 1.807) is 6.33 Å². The molecule has 0 spiro atoms. The van der Waals surface area contributed by atoms with Crippen molar-refractivity contribution in [2.24, 2.45) is 0 Å². The first-order chi connectivity index (χ1) is 15.2. The van der Waals surface area contributed by atoms with Gasteiger partial charge in [-0.15, -0.1) is 0 Å². The zero-order valence-electron chi connectivity index (χ0n) is 17.6. The Labute approximate surface area is 187 Å². The van der Waals surface area contributed by atoms with Crippen LogP contribution < -0.4 is 4.90 Å². The number of anilines is 1. The van der Waals surface area contributed by atoms with E-state index in [1.807, 2.05) is 35.1 Å². The lowest BCUT2D eigenvalue weighted by atomic mass is 10.1. The Kier molecular flexibility index (Phi) is 5.57. The smallest absolute Gasteiger partial charge is 0.163 e. The molecule has 1 aliphatic heterocycles. The molecule has 0 unspecified atom stereocenters. The SMILES string of the molecule is Cc1ccc(CN2CCN(c3ncnc4c3cnn4Cc3ccc(Cl)cc3)CC2)cc1. The molecule has 0 saturated carbocycles. The Balaban J connectivity index is 1.29. The van der Waals surface area contributed by atoms with Gasteiger partial charge in [-0.2, -0.15) is 5.10 Å². The highest BCUT2D eigenvalue weighted by Gasteiger charge is 2.21. The summed E-state index contributed by atoms with van der Waals surface area (Å²) in [6.07, 6.45) is 3.54. The van der Waals surface area contributed by atoms with Crippen molar-refractivity contribution in [3.05, 3.63) is 82.8 Å². The van der Waals surface area contributed by atoms with E-state index in [-0.39, 0.29) is 0 Å². The van der Waals surface area contributed by atoms with Crippen LogP contribution in [0.4, 0.5) is 5.82 Å². The second kappa shape index (κ2) is 8.65. The van der Waals surface area contributed by atoms with Crippen LogP contribution in [-0.2, 0) is 13.1 Å². The molecule has 1 saturated heterocycles. The molecule has 2 aromatic carbocycles. The minimum atomic E-state index is 0.654. The molecule has 158 valence electrons. The molecule has 0 amide bonds. The first kappa shape index (κ1) is 20.0. The van der Waals surface area contributed by atoms with E-state index in [0.717, 1.165) is 60.2 Å². The Morgan fingerprint density at radius 2 is 1.52 bits per heavy atom. The number of halogens is 1. The number of hydrogen-bond donors (Lipinski definition) is 0. The predicted octanol–water partition coefficient (Wildman–Crippen LogP) is 4.16. The lowest BCUT2D eigenvalue weighted by molar-refractivity contribution is 0.249. The average molecular weight is 433 g/mol. The van der Waals surface area contributed by atoms with Crippen molar-refractivity contribution in [3.8, 4) is 0 Å². The molecule has 0 N–H and O–H groups in total. The van der Waals surface area contributed by atoms with Crippen molar-refractivity contribution in [2.45, 2.75) is 20.0 Å². The summed E-state index contributed by atoms with van der Waals surface area (Å²) in [6.45, 7) is 7.69. The molecule has 5 rings (SSSR count). The number of aromatic nitrogens is 4. The lowest BCUT2D eigenvalue weighted by Gasteiger charge is -2.35. The quantitative estimate of drug-likeness (QED) is 0.474.